The van der Waals surface area contributed by atoms with Gasteiger partial charge in [0.1, 0.15) is 17.8 Å². The second-order valence-corrected chi connectivity index (χ2v) is 5.05. The Bertz CT molecular complexity index is 596. The van der Waals surface area contributed by atoms with Crippen molar-refractivity contribution in [2.75, 3.05) is 38.1 Å². The van der Waals surface area contributed by atoms with E-state index in [9.17, 15) is 0 Å². The Hall–Kier alpha value is -1.84. The van der Waals surface area contributed by atoms with Crippen LogP contribution in [0.3, 0.4) is 0 Å². The first kappa shape index (κ1) is 17.5. The molecular weight excluding hydrogens is 407 g/mol. The number of piperazine rings is 1. The highest BCUT2D eigenvalue weighted by Crippen LogP contribution is 2.12. The van der Waals surface area contributed by atoms with Gasteiger partial charge in [0.05, 0.1) is 6.54 Å². The highest BCUT2D eigenvalue weighted by atomic mass is 127. The van der Waals surface area contributed by atoms with Gasteiger partial charge in [0.15, 0.2) is 5.96 Å². The van der Waals surface area contributed by atoms with Gasteiger partial charge in [0, 0.05) is 45.5 Å². The Labute approximate surface area is 152 Å². The maximum absolute atomic E-state index is 4.83. The third-order valence-electron chi connectivity index (χ3n) is 3.68. The zero-order chi connectivity index (χ0) is 15.2. The minimum atomic E-state index is 0. The molecular formula is C15H21IN6O. The van der Waals surface area contributed by atoms with E-state index in [1.807, 2.05) is 30.5 Å². The summed E-state index contributed by atoms with van der Waals surface area (Å²) in [6.07, 6.45) is 3.41. The summed E-state index contributed by atoms with van der Waals surface area (Å²) >= 11 is 0. The molecule has 1 fully saturated rings. The topological polar surface area (TPSA) is 69.8 Å². The molecule has 8 heteroatoms. The van der Waals surface area contributed by atoms with E-state index in [4.69, 9.17) is 4.52 Å². The SMILES string of the molecule is CN=C(NCc1ccon1)N1CCN(c2ccccn2)CC1.I. The van der Waals surface area contributed by atoms with Crippen LogP contribution in [0.15, 0.2) is 46.2 Å². The van der Waals surface area contributed by atoms with Crippen LogP contribution in [0, 0.1) is 0 Å². The molecule has 23 heavy (non-hydrogen) atoms. The molecule has 0 aromatic carbocycles. The van der Waals surface area contributed by atoms with E-state index in [0.717, 1.165) is 43.7 Å². The molecule has 3 heterocycles. The Morgan fingerprint density at radius 3 is 2.70 bits per heavy atom. The van der Waals surface area contributed by atoms with Crippen molar-refractivity contribution in [3.8, 4) is 0 Å². The minimum Gasteiger partial charge on any atom is -0.364 e. The smallest absolute Gasteiger partial charge is 0.194 e. The molecule has 0 bridgehead atoms. The lowest BCUT2D eigenvalue weighted by atomic mass is 10.3. The second-order valence-electron chi connectivity index (χ2n) is 5.05. The molecule has 3 rings (SSSR count). The third-order valence-corrected chi connectivity index (χ3v) is 3.68. The summed E-state index contributed by atoms with van der Waals surface area (Å²) in [6, 6.07) is 7.86. The van der Waals surface area contributed by atoms with E-state index >= 15 is 0 Å². The molecule has 0 atom stereocenters. The van der Waals surface area contributed by atoms with Crippen molar-refractivity contribution in [1.82, 2.24) is 20.4 Å². The van der Waals surface area contributed by atoms with Crippen molar-refractivity contribution in [3.63, 3.8) is 0 Å². The lowest BCUT2D eigenvalue weighted by molar-refractivity contribution is 0.369. The average Bonchev–Trinajstić information content (AvgIpc) is 3.10. The van der Waals surface area contributed by atoms with Gasteiger partial charge >= 0.3 is 0 Å². The Morgan fingerprint density at radius 2 is 2.09 bits per heavy atom. The number of aliphatic imine (C=N–C) groups is 1. The van der Waals surface area contributed by atoms with Crippen molar-refractivity contribution in [1.29, 1.82) is 0 Å². The Balaban J connectivity index is 0.00000192. The van der Waals surface area contributed by atoms with Crippen molar-refractivity contribution in [2.45, 2.75) is 6.54 Å². The van der Waals surface area contributed by atoms with Crippen LogP contribution in [0.4, 0.5) is 5.82 Å². The molecule has 0 spiro atoms. The molecule has 1 saturated heterocycles. The number of nitrogens with zero attached hydrogens (tertiary/aromatic N) is 5. The van der Waals surface area contributed by atoms with Crippen LogP contribution in [0.1, 0.15) is 5.69 Å². The van der Waals surface area contributed by atoms with Gasteiger partial charge in [-0.15, -0.1) is 24.0 Å². The fourth-order valence-electron chi connectivity index (χ4n) is 2.52. The summed E-state index contributed by atoms with van der Waals surface area (Å²) in [5, 5.41) is 7.21. The molecule has 0 aliphatic carbocycles. The summed E-state index contributed by atoms with van der Waals surface area (Å²) in [5.74, 6) is 1.93. The van der Waals surface area contributed by atoms with Crippen molar-refractivity contribution >= 4 is 35.8 Å². The minimum absolute atomic E-state index is 0. The van der Waals surface area contributed by atoms with Gasteiger partial charge in [-0.05, 0) is 12.1 Å². The molecule has 1 aliphatic rings. The number of anilines is 1. The molecule has 0 radical (unpaired) electrons. The molecule has 1 N–H and O–H groups in total. The maximum Gasteiger partial charge on any atom is 0.194 e. The zero-order valence-electron chi connectivity index (χ0n) is 13.1. The quantitative estimate of drug-likeness (QED) is 0.455. The number of pyridine rings is 1. The number of hydrogen-bond acceptors (Lipinski definition) is 5. The number of nitrogens with one attached hydrogen (secondary N) is 1. The zero-order valence-corrected chi connectivity index (χ0v) is 15.4. The van der Waals surface area contributed by atoms with Crippen LogP contribution < -0.4 is 10.2 Å². The Kier molecular flexibility index (Phi) is 6.63. The van der Waals surface area contributed by atoms with Crippen molar-refractivity contribution < 1.29 is 4.52 Å². The molecule has 7 nitrogen and oxygen atoms in total. The fraction of sp³-hybridized carbons (Fsp3) is 0.400. The van der Waals surface area contributed by atoms with Gasteiger partial charge in [0.2, 0.25) is 0 Å². The van der Waals surface area contributed by atoms with Crippen molar-refractivity contribution in [2.24, 2.45) is 4.99 Å². The first-order valence-corrected chi connectivity index (χ1v) is 7.37. The summed E-state index contributed by atoms with van der Waals surface area (Å²) in [7, 11) is 1.80. The van der Waals surface area contributed by atoms with Gasteiger partial charge in [-0.25, -0.2) is 4.98 Å². The number of rotatable bonds is 3. The maximum atomic E-state index is 4.83. The average molecular weight is 428 g/mol. The number of aromatic nitrogens is 2. The molecule has 0 amide bonds. The predicted octanol–water partition coefficient (Wildman–Crippen LogP) is 1.59. The molecule has 2 aromatic rings. The lowest BCUT2D eigenvalue weighted by Crippen LogP contribution is -2.52. The number of hydrogen-bond donors (Lipinski definition) is 1. The summed E-state index contributed by atoms with van der Waals surface area (Å²) in [6.45, 7) is 4.30. The van der Waals surface area contributed by atoms with Crippen LogP contribution in [-0.2, 0) is 6.54 Å². The summed E-state index contributed by atoms with van der Waals surface area (Å²) in [5.41, 5.74) is 0.869. The van der Waals surface area contributed by atoms with E-state index in [2.05, 4.69) is 30.2 Å². The normalized spacial score (nSPS) is 15.3. The van der Waals surface area contributed by atoms with Crippen LogP contribution >= 0.6 is 24.0 Å². The Morgan fingerprint density at radius 1 is 1.26 bits per heavy atom. The van der Waals surface area contributed by atoms with E-state index < -0.39 is 0 Å². The fourth-order valence-corrected chi connectivity index (χ4v) is 2.52. The van der Waals surface area contributed by atoms with Gasteiger partial charge in [-0.1, -0.05) is 11.2 Å². The van der Waals surface area contributed by atoms with Gasteiger partial charge in [-0.3, -0.25) is 4.99 Å². The molecule has 1 aliphatic heterocycles. The van der Waals surface area contributed by atoms with Crippen LogP contribution in [0.25, 0.3) is 0 Å². The van der Waals surface area contributed by atoms with E-state index in [1.165, 1.54) is 0 Å². The van der Waals surface area contributed by atoms with Gasteiger partial charge in [-0.2, -0.15) is 0 Å². The highest BCUT2D eigenvalue weighted by Gasteiger charge is 2.20. The lowest BCUT2D eigenvalue weighted by Gasteiger charge is -2.37. The molecule has 0 unspecified atom stereocenters. The van der Waals surface area contributed by atoms with E-state index in [1.54, 1.807) is 13.3 Å². The molecule has 2 aromatic heterocycles. The third kappa shape index (κ3) is 4.57. The monoisotopic (exact) mass is 428 g/mol. The molecule has 0 saturated carbocycles. The van der Waals surface area contributed by atoms with Gasteiger partial charge < -0.3 is 19.6 Å². The predicted molar refractivity (Wildman–Crippen MR) is 100 cm³/mol. The van der Waals surface area contributed by atoms with Crippen LogP contribution in [0.2, 0.25) is 0 Å². The number of halogens is 1. The first-order chi connectivity index (χ1) is 10.9. The molecule has 124 valence electrons. The van der Waals surface area contributed by atoms with Gasteiger partial charge in [0.25, 0.3) is 0 Å². The first-order valence-electron chi connectivity index (χ1n) is 7.37. The number of guanidine groups is 1. The largest absolute Gasteiger partial charge is 0.364 e. The second kappa shape index (κ2) is 8.70. The summed E-state index contributed by atoms with van der Waals surface area (Å²) in [4.78, 5) is 13.3. The highest BCUT2D eigenvalue weighted by molar-refractivity contribution is 14.0. The van der Waals surface area contributed by atoms with E-state index in [-0.39, 0.29) is 24.0 Å². The summed E-state index contributed by atoms with van der Waals surface area (Å²) < 4.78 is 4.83. The van der Waals surface area contributed by atoms with Crippen LogP contribution in [-0.4, -0.2) is 54.2 Å². The van der Waals surface area contributed by atoms with Crippen LogP contribution in [0.5, 0.6) is 0 Å². The van der Waals surface area contributed by atoms with E-state index in [0.29, 0.717) is 6.54 Å². The van der Waals surface area contributed by atoms with Crippen molar-refractivity contribution in [3.05, 3.63) is 42.4 Å². The standard InChI is InChI=1S/C15H20N6O.HI/c1-16-15(18-12-13-5-11-22-19-13)21-9-7-20(8-10-21)14-4-2-3-6-17-14;/h2-6,11H,7-10,12H2,1H3,(H,16,18);1H.